The molecule has 0 aliphatic heterocycles. The lowest BCUT2D eigenvalue weighted by Gasteiger charge is -2.00. The number of hydrogen-bond donors (Lipinski definition) is 1. The van der Waals surface area contributed by atoms with Gasteiger partial charge in [-0.3, -0.25) is 4.55 Å². The molecule has 0 saturated heterocycles. The number of nitrogens with zero attached hydrogens (tertiary/aromatic N) is 4. The molecule has 0 radical (unpaired) electrons. The van der Waals surface area contributed by atoms with E-state index >= 15 is 0 Å². The molecule has 0 spiro atoms. The van der Waals surface area contributed by atoms with Crippen molar-refractivity contribution in [3.8, 4) is 11.4 Å². The molecule has 2 aromatic rings. The molecular weight excluding hydrogens is 312 g/mol. The van der Waals surface area contributed by atoms with Crippen molar-refractivity contribution in [1.29, 1.82) is 0 Å². The minimum atomic E-state index is -4.03. The van der Waals surface area contributed by atoms with E-state index in [1.54, 1.807) is 6.07 Å². The van der Waals surface area contributed by atoms with Crippen LogP contribution in [-0.4, -0.2) is 46.9 Å². The number of ether oxygens (including phenoxy) is 1. The van der Waals surface area contributed by atoms with Crippen LogP contribution in [0.4, 0.5) is 0 Å². The molecular formula is C12H13N4O5S+. The van der Waals surface area contributed by atoms with Crippen LogP contribution in [0.2, 0.25) is 0 Å². The largest absolute Gasteiger partial charge is 0.465 e. The summed E-state index contributed by atoms with van der Waals surface area (Å²) < 4.78 is 35.9. The third kappa shape index (κ3) is 4.27. The monoisotopic (exact) mass is 325 g/mol. The molecule has 2 aromatic heterocycles. The van der Waals surface area contributed by atoms with Crippen LogP contribution >= 0.6 is 0 Å². The molecule has 0 amide bonds. The van der Waals surface area contributed by atoms with Gasteiger partial charge >= 0.3 is 5.97 Å². The summed E-state index contributed by atoms with van der Waals surface area (Å²) in [5.74, 6) is -0.586. The molecule has 116 valence electrons. The summed E-state index contributed by atoms with van der Waals surface area (Å²) in [6.45, 7) is 0.0290. The van der Waals surface area contributed by atoms with Crippen molar-refractivity contribution in [2.45, 2.75) is 6.54 Å². The van der Waals surface area contributed by atoms with Crippen molar-refractivity contribution >= 4 is 16.1 Å². The van der Waals surface area contributed by atoms with Crippen LogP contribution in [0.1, 0.15) is 10.4 Å². The zero-order valence-corrected chi connectivity index (χ0v) is 12.4. The van der Waals surface area contributed by atoms with Crippen LogP contribution < -0.4 is 4.68 Å². The first kappa shape index (κ1) is 15.9. The van der Waals surface area contributed by atoms with Gasteiger partial charge in [0.2, 0.25) is 0 Å². The van der Waals surface area contributed by atoms with E-state index in [4.69, 9.17) is 4.55 Å². The third-order valence-electron chi connectivity index (χ3n) is 2.68. The van der Waals surface area contributed by atoms with Crippen LogP contribution in [-0.2, 0) is 21.4 Å². The second-order valence-corrected chi connectivity index (χ2v) is 5.82. The zero-order chi connectivity index (χ0) is 16.2. The molecule has 0 fully saturated rings. The van der Waals surface area contributed by atoms with E-state index in [1.165, 1.54) is 36.6 Å². The number of carbonyl (C=O) groups is 1. The van der Waals surface area contributed by atoms with Crippen LogP contribution in [0.3, 0.4) is 0 Å². The van der Waals surface area contributed by atoms with Gasteiger partial charge in [-0.25, -0.2) is 14.8 Å². The average molecular weight is 325 g/mol. The second kappa shape index (κ2) is 6.54. The number of aromatic nitrogens is 4. The van der Waals surface area contributed by atoms with Crippen LogP contribution in [0.15, 0.2) is 30.9 Å². The molecule has 2 rings (SSSR count). The van der Waals surface area contributed by atoms with Crippen LogP contribution in [0, 0.1) is 0 Å². The fourth-order valence-corrected chi connectivity index (χ4v) is 1.98. The first-order valence-electron chi connectivity index (χ1n) is 6.11. The molecule has 1 N–H and O–H groups in total. The van der Waals surface area contributed by atoms with E-state index in [2.05, 4.69) is 19.8 Å². The fourth-order valence-electron chi connectivity index (χ4n) is 1.56. The third-order valence-corrected chi connectivity index (χ3v) is 3.38. The molecule has 22 heavy (non-hydrogen) atoms. The van der Waals surface area contributed by atoms with E-state index < -0.39 is 21.8 Å². The standard InChI is InChI=1S/C12H12N4O5S/c1-21-12(17)10-6-13-11(14-7-10)9-2-3-16(15-8-9)4-5-22(18,19)20/h2-3,6-8H,4-5H2,1H3/p+1. The van der Waals surface area contributed by atoms with E-state index in [1.807, 2.05) is 0 Å². The van der Waals surface area contributed by atoms with Crippen molar-refractivity contribution in [3.63, 3.8) is 0 Å². The van der Waals surface area contributed by atoms with Gasteiger partial charge in [-0.05, 0) is 5.10 Å². The Hall–Kier alpha value is -2.46. The Labute approximate surface area is 126 Å². The molecule has 0 aliphatic carbocycles. The van der Waals surface area contributed by atoms with Crippen molar-refractivity contribution in [3.05, 3.63) is 36.4 Å². The van der Waals surface area contributed by atoms with Gasteiger partial charge in [-0.15, -0.1) is 0 Å². The van der Waals surface area contributed by atoms with Gasteiger partial charge in [-0.2, -0.15) is 8.42 Å². The van der Waals surface area contributed by atoms with Gasteiger partial charge in [-0.1, -0.05) is 4.68 Å². The molecule has 0 saturated carbocycles. The molecule has 0 bridgehead atoms. The maximum absolute atomic E-state index is 11.3. The Morgan fingerprint density at radius 2 is 2.00 bits per heavy atom. The molecule has 9 nitrogen and oxygen atoms in total. The Morgan fingerprint density at radius 1 is 1.32 bits per heavy atom. The van der Waals surface area contributed by atoms with Gasteiger partial charge in [0.25, 0.3) is 10.1 Å². The second-order valence-electron chi connectivity index (χ2n) is 4.25. The topological polar surface area (TPSA) is 123 Å². The Balaban J connectivity index is 2.11. The maximum Gasteiger partial charge on any atom is 0.341 e. The zero-order valence-electron chi connectivity index (χ0n) is 11.6. The molecule has 0 unspecified atom stereocenters. The van der Waals surface area contributed by atoms with Crippen molar-refractivity contribution in [1.82, 2.24) is 15.1 Å². The highest BCUT2D eigenvalue weighted by molar-refractivity contribution is 7.85. The highest BCUT2D eigenvalue weighted by atomic mass is 32.2. The summed E-state index contributed by atoms with van der Waals surface area (Å²) in [6.07, 6.45) is 5.68. The van der Waals surface area contributed by atoms with Crippen molar-refractivity contribution in [2.75, 3.05) is 12.9 Å². The number of carbonyl (C=O) groups excluding carboxylic acids is 1. The van der Waals surface area contributed by atoms with E-state index in [9.17, 15) is 13.2 Å². The lowest BCUT2D eigenvalue weighted by molar-refractivity contribution is -0.750. The minimum absolute atomic E-state index is 0.0290. The number of rotatable bonds is 5. The Kier molecular flexibility index (Phi) is 4.73. The lowest BCUT2D eigenvalue weighted by Crippen LogP contribution is -2.40. The van der Waals surface area contributed by atoms with Gasteiger partial charge < -0.3 is 4.74 Å². The predicted octanol–water partition coefficient (Wildman–Crippen LogP) is -0.499. The predicted molar refractivity (Wildman–Crippen MR) is 73.2 cm³/mol. The van der Waals surface area contributed by atoms with E-state index in [0.29, 0.717) is 11.4 Å². The summed E-state index contributed by atoms with van der Waals surface area (Å²) in [5, 5.41) is 4.00. The Bertz CT molecular complexity index is 759. The van der Waals surface area contributed by atoms with Crippen molar-refractivity contribution in [2.24, 2.45) is 0 Å². The van der Waals surface area contributed by atoms with Crippen LogP contribution in [0.5, 0.6) is 0 Å². The molecule has 2 heterocycles. The van der Waals surface area contributed by atoms with Gasteiger partial charge in [0.15, 0.2) is 18.6 Å². The average Bonchev–Trinajstić information content (AvgIpc) is 2.52. The minimum Gasteiger partial charge on any atom is -0.465 e. The molecule has 0 aromatic carbocycles. The number of hydrogen-bond acceptors (Lipinski definition) is 7. The normalized spacial score (nSPS) is 11.2. The SMILES string of the molecule is COC(=O)c1cnc(-c2cc[n+](CCS(=O)(=O)O)nc2)nc1. The summed E-state index contributed by atoms with van der Waals surface area (Å²) in [5.41, 5.74) is 0.831. The molecule has 0 aliphatic rings. The first-order chi connectivity index (χ1) is 10.4. The van der Waals surface area contributed by atoms with Crippen molar-refractivity contribution < 1.29 is 27.2 Å². The summed E-state index contributed by atoms with van der Waals surface area (Å²) in [6, 6.07) is 1.64. The molecule has 0 atom stereocenters. The number of aryl methyl sites for hydroxylation is 1. The number of methoxy groups -OCH3 is 1. The molecule has 10 heteroatoms. The highest BCUT2D eigenvalue weighted by Gasteiger charge is 2.12. The van der Waals surface area contributed by atoms with Crippen LogP contribution in [0.25, 0.3) is 11.4 Å². The smallest absolute Gasteiger partial charge is 0.341 e. The number of esters is 1. The highest BCUT2D eigenvalue weighted by Crippen LogP contribution is 2.11. The first-order valence-corrected chi connectivity index (χ1v) is 7.71. The quantitative estimate of drug-likeness (QED) is 0.443. The lowest BCUT2D eigenvalue weighted by atomic mass is 10.3. The van der Waals surface area contributed by atoms with Gasteiger partial charge in [0, 0.05) is 24.0 Å². The van der Waals surface area contributed by atoms with E-state index in [0.717, 1.165) is 0 Å². The summed E-state index contributed by atoms with van der Waals surface area (Å²) in [4.78, 5) is 19.3. The van der Waals surface area contributed by atoms with E-state index in [-0.39, 0.29) is 12.1 Å². The fraction of sp³-hybridized carbons (Fsp3) is 0.250. The summed E-state index contributed by atoms with van der Waals surface area (Å²) >= 11 is 0. The summed E-state index contributed by atoms with van der Waals surface area (Å²) in [7, 11) is -2.76. The maximum atomic E-state index is 11.3. The van der Waals surface area contributed by atoms with Gasteiger partial charge in [0.05, 0.1) is 12.7 Å². The van der Waals surface area contributed by atoms with Gasteiger partial charge in [0.1, 0.15) is 11.9 Å². The Morgan fingerprint density at radius 3 is 2.50 bits per heavy atom.